The van der Waals surface area contributed by atoms with Crippen molar-refractivity contribution in [2.45, 2.75) is 50.4 Å². The number of rotatable bonds is 18. The Balaban J connectivity index is 1.92. The fourth-order valence-electron chi connectivity index (χ4n) is 3.95. The Morgan fingerprint density at radius 3 is 2.07 bits per heavy atom. The molecule has 246 valence electrons. The van der Waals surface area contributed by atoms with Crippen LogP contribution in [0.2, 0.25) is 0 Å². The van der Waals surface area contributed by atoms with Gasteiger partial charge in [-0.15, -0.1) is 0 Å². The van der Waals surface area contributed by atoms with Gasteiger partial charge in [-0.05, 0) is 55.0 Å². The minimum Gasteiger partial charge on any atom is -0.368 e. The number of carbonyl (C=O) groups is 5. The number of benzene rings is 2. The number of amides is 5. The van der Waals surface area contributed by atoms with Gasteiger partial charge in [0, 0.05) is 6.42 Å². The molecule has 0 aromatic heterocycles. The Hall–Kier alpha value is -4.19. The molecule has 2 rings (SSSR count). The molecule has 0 radical (unpaired) electrons. The Morgan fingerprint density at radius 2 is 1.49 bits per heavy atom. The smallest absolute Gasteiger partial charge is 0.368 e. The lowest BCUT2D eigenvalue weighted by atomic mass is 10.0. The molecular weight excluding hydrogens is 628 g/mol. The quantitative estimate of drug-likeness (QED) is 0.0932. The molecule has 17 heteroatoms. The highest BCUT2D eigenvalue weighted by molar-refractivity contribution is 7.98. The third-order valence-electron chi connectivity index (χ3n) is 6.30. The van der Waals surface area contributed by atoms with Gasteiger partial charge < -0.3 is 36.9 Å². The van der Waals surface area contributed by atoms with Crippen molar-refractivity contribution < 1.29 is 41.1 Å². The molecule has 0 bridgehead atoms. The van der Waals surface area contributed by atoms with Crippen molar-refractivity contribution in [1.82, 2.24) is 21.3 Å². The van der Waals surface area contributed by atoms with Crippen LogP contribution >= 0.6 is 11.8 Å². The van der Waals surface area contributed by atoms with Crippen molar-refractivity contribution in [3.8, 4) is 5.75 Å². The van der Waals surface area contributed by atoms with Crippen LogP contribution in [0, 0.1) is 0 Å². The fourth-order valence-corrected chi connectivity index (χ4v) is 4.78. The number of carbonyl (C=O) groups excluding carboxylic acids is 5. The summed E-state index contributed by atoms with van der Waals surface area (Å²) >= 11 is 1.48. The highest BCUT2D eigenvalue weighted by atomic mass is 32.3. The molecule has 4 atom stereocenters. The lowest BCUT2D eigenvalue weighted by Gasteiger charge is -2.22. The zero-order valence-electron chi connectivity index (χ0n) is 24.7. The Labute approximate surface area is 265 Å². The first kappa shape index (κ1) is 37.0. The van der Waals surface area contributed by atoms with E-state index in [1.165, 1.54) is 43.0 Å². The Bertz CT molecular complexity index is 1430. The van der Waals surface area contributed by atoms with Crippen LogP contribution in [0.3, 0.4) is 0 Å². The number of nitrogens with one attached hydrogen (secondary N) is 4. The molecule has 0 aliphatic carbocycles. The van der Waals surface area contributed by atoms with Gasteiger partial charge in [-0.25, -0.2) is 0 Å². The minimum atomic E-state index is -4.68. The molecule has 0 fully saturated rings. The van der Waals surface area contributed by atoms with Crippen molar-refractivity contribution in [2.24, 2.45) is 11.5 Å². The van der Waals surface area contributed by atoms with Gasteiger partial charge in [0.25, 0.3) is 0 Å². The van der Waals surface area contributed by atoms with Crippen molar-refractivity contribution >= 4 is 51.7 Å². The van der Waals surface area contributed by atoms with E-state index in [0.29, 0.717) is 17.7 Å². The second-order valence-electron chi connectivity index (χ2n) is 9.97. The lowest BCUT2D eigenvalue weighted by Crippen LogP contribution is -2.56. The van der Waals surface area contributed by atoms with E-state index in [0.717, 1.165) is 5.56 Å². The predicted molar refractivity (Wildman–Crippen MR) is 167 cm³/mol. The van der Waals surface area contributed by atoms with Crippen molar-refractivity contribution in [2.75, 3.05) is 18.6 Å². The maximum Gasteiger partial charge on any atom is 0.446 e. The maximum atomic E-state index is 13.1. The molecule has 0 aliphatic rings. The number of thioether (sulfide) groups is 1. The largest absolute Gasteiger partial charge is 0.446 e. The molecule has 2 aromatic rings. The van der Waals surface area contributed by atoms with E-state index in [1.54, 1.807) is 30.3 Å². The highest BCUT2D eigenvalue weighted by Gasteiger charge is 2.27. The minimum absolute atomic E-state index is 0.0352. The van der Waals surface area contributed by atoms with Crippen LogP contribution in [-0.4, -0.2) is 85.2 Å². The number of hydrogen-bond acceptors (Lipinski definition) is 10. The summed E-state index contributed by atoms with van der Waals surface area (Å²) in [5, 5.41) is 10.0. The number of primary amides is 1. The van der Waals surface area contributed by atoms with Crippen LogP contribution in [-0.2, 0) is 47.2 Å². The molecule has 0 unspecified atom stereocenters. The molecular formula is C28H38N6O9S2. The molecule has 0 aliphatic heterocycles. The van der Waals surface area contributed by atoms with Gasteiger partial charge >= 0.3 is 10.4 Å². The van der Waals surface area contributed by atoms with Crippen molar-refractivity contribution in [3.63, 3.8) is 0 Å². The summed E-state index contributed by atoms with van der Waals surface area (Å²) in [6.45, 7) is 0.886. The topological polar surface area (TPSA) is 249 Å². The van der Waals surface area contributed by atoms with Gasteiger partial charge in [0.15, 0.2) is 0 Å². The predicted octanol–water partition coefficient (Wildman–Crippen LogP) is -1.19. The van der Waals surface area contributed by atoms with Gasteiger partial charge in [0.05, 0.1) is 12.6 Å². The summed E-state index contributed by atoms with van der Waals surface area (Å²) in [4.78, 5) is 62.8. The zero-order chi connectivity index (χ0) is 33.6. The first-order valence-corrected chi connectivity index (χ1v) is 16.5. The van der Waals surface area contributed by atoms with E-state index >= 15 is 0 Å². The Morgan fingerprint density at radius 1 is 0.867 bits per heavy atom. The van der Waals surface area contributed by atoms with E-state index in [-0.39, 0.29) is 18.6 Å². The summed E-state index contributed by atoms with van der Waals surface area (Å²) in [7, 11) is -4.68. The molecule has 15 nitrogen and oxygen atoms in total. The Kier molecular flexibility index (Phi) is 14.8. The van der Waals surface area contributed by atoms with E-state index in [1.807, 2.05) is 6.26 Å². The monoisotopic (exact) mass is 666 g/mol. The average molecular weight is 667 g/mol. The van der Waals surface area contributed by atoms with Gasteiger partial charge in [0.1, 0.15) is 23.9 Å². The van der Waals surface area contributed by atoms with Gasteiger partial charge in [-0.1, -0.05) is 42.5 Å². The van der Waals surface area contributed by atoms with E-state index < -0.39 is 70.6 Å². The van der Waals surface area contributed by atoms with Crippen molar-refractivity contribution in [1.29, 1.82) is 0 Å². The third-order valence-corrected chi connectivity index (χ3v) is 7.34. The molecule has 45 heavy (non-hydrogen) atoms. The average Bonchev–Trinajstić information content (AvgIpc) is 2.98. The van der Waals surface area contributed by atoms with Gasteiger partial charge in [-0.3, -0.25) is 28.5 Å². The summed E-state index contributed by atoms with van der Waals surface area (Å²) < 4.78 is 34.7. The summed E-state index contributed by atoms with van der Waals surface area (Å²) in [5.41, 5.74) is 12.7. The zero-order valence-corrected chi connectivity index (χ0v) is 26.4. The van der Waals surface area contributed by atoms with E-state index in [9.17, 15) is 32.4 Å². The molecule has 0 spiro atoms. The standard InChI is InChI=1S/C28H38N6O9S2/c1-17(32-27(38)21(29)14-19-8-10-20(11-9-19)43-45(40,41)42)26(37)31-16-24(35)33-23(15-18-6-4-3-5-7-18)28(39)34-22(25(30)36)12-13-44-2/h3-11,17,21-23H,12-16,29H2,1-2H3,(H2,30,36)(H,31,37)(H,32,38)(H,33,35)(H,34,39)(H,40,41,42)/t17-,21+,22+,23+/m1/s1. The SMILES string of the molecule is CSCC[C@H](NC(=O)[C@H](Cc1ccccc1)NC(=O)CNC(=O)[C@@H](C)NC(=O)[C@@H](N)Cc1ccc(OS(=O)(=O)O)cc1)C(N)=O. The van der Waals surface area contributed by atoms with E-state index in [2.05, 4.69) is 25.5 Å². The maximum absolute atomic E-state index is 13.1. The summed E-state index contributed by atoms with van der Waals surface area (Å²) in [6.07, 6.45) is 2.31. The molecule has 0 saturated carbocycles. The first-order valence-electron chi connectivity index (χ1n) is 13.7. The van der Waals surface area contributed by atoms with Gasteiger partial charge in [-0.2, -0.15) is 20.2 Å². The molecule has 2 aromatic carbocycles. The number of hydrogen-bond donors (Lipinski definition) is 7. The highest BCUT2D eigenvalue weighted by Crippen LogP contribution is 2.15. The molecule has 0 saturated heterocycles. The number of nitrogens with two attached hydrogens (primary N) is 2. The van der Waals surface area contributed by atoms with Crippen molar-refractivity contribution in [3.05, 3.63) is 65.7 Å². The van der Waals surface area contributed by atoms with Crippen LogP contribution in [0.1, 0.15) is 24.5 Å². The molecule has 0 heterocycles. The lowest BCUT2D eigenvalue weighted by molar-refractivity contribution is -0.132. The normalized spacial score (nSPS) is 13.8. The molecule has 5 amide bonds. The van der Waals surface area contributed by atoms with Crippen LogP contribution in [0.25, 0.3) is 0 Å². The van der Waals surface area contributed by atoms with Crippen LogP contribution in [0.15, 0.2) is 54.6 Å². The van der Waals surface area contributed by atoms with Crippen LogP contribution in [0.5, 0.6) is 5.75 Å². The fraction of sp³-hybridized carbons (Fsp3) is 0.393. The van der Waals surface area contributed by atoms with E-state index in [4.69, 9.17) is 16.0 Å². The second-order valence-corrected chi connectivity index (χ2v) is 12.0. The molecule has 9 N–H and O–H groups in total. The second kappa shape index (κ2) is 17.9. The van der Waals surface area contributed by atoms with Crippen LogP contribution in [0.4, 0.5) is 0 Å². The van der Waals surface area contributed by atoms with Gasteiger partial charge in [0.2, 0.25) is 29.5 Å². The summed E-state index contributed by atoms with van der Waals surface area (Å²) in [6, 6.07) is 10.2. The first-order chi connectivity index (χ1) is 21.2. The third kappa shape index (κ3) is 14.0. The van der Waals surface area contributed by atoms with Crippen LogP contribution < -0.4 is 36.9 Å². The summed E-state index contributed by atoms with van der Waals surface area (Å²) in [5.74, 6) is -2.90.